The number of ether oxygens (including phenoxy) is 3. The molecule has 5 heterocycles. The van der Waals surface area contributed by atoms with Gasteiger partial charge in [-0.25, -0.2) is 19.2 Å². The predicted octanol–water partition coefficient (Wildman–Crippen LogP) is 6.40. The number of aromatic carboxylic acids is 1. The van der Waals surface area contributed by atoms with Gasteiger partial charge in [0, 0.05) is 24.1 Å². The smallest absolute Gasteiger partial charge is 0.373 e. The van der Waals surface area contributed by atoms with Crippen molar-refractivity contribution in [2.24, 2.45) is 0 Å². The number of aryl methyl sites for hydroxylation is 1. The molecule has 2 fully saturated rings. The van der Waals surface area contributed by atoms with Crippen LogP contribution in [0.5, 0.6) is 11.5 Å². The van der Waals surface area contributed by atoms with Gasteiger partial charge in [-0.05, 0) is 69.0 Å². The van der Waals surface area contributed by atoms with Crippen LogP contribution in [-0.2, 0) is 30.0 Å². The largest absolute Gasteiger partial charge is 0.475 e. The number of piperidine rings is 1. The van der Waals surface area contributed by atoms with Gasteiger partial charge in [0.2, 0.25) is 11.7 Å². The number of carbonyl (C=O) groups is 1. The van der Waals surface area contributed by atoms with Gasteiger partial charge in [-0.15, -0.1) is 0 Å². The van der Waals surface area contributed by atoms with Crippen LogP contribution in [0.15, 0.2) is 47.0 Å². The fraction of sp³-hybridized carbons (Fsp3) is 0.424. The van der Waals surface area contributed by atoms with Gasteiger partial charge in [0.1, 0.15) is 17.3 Å². The van der Waals surface area contributed by atoms with E-state index in [1.807, 2.05) is 19.1 Å². The van der Waals surface area contributed by atoms with E-state index >= 15 is 0 Å². The number of hydrogen-bond acceptors (Lipinski definition) is 8. The molecule has 0 radical (unpaired) electrons. The van der Waals surface area contributed by atoms with Crippen LogP contribution in [0.2, 0.25) is 5.02 Å². The van der Waals surface area contributed by atoms with Gasteiger partial charge in [0.15, 0.2) is 11.5 Å². The first kappa shape index (κ1) is 29.8. The number of para-hydroxylation sites is 1. The number of likely N-dealkylation sites (tertiary alicyclic amines) is 1. The van der Waals surface area contributed by atoms with Gasteiger partial charge in [-0.3, -0.25) is 4.90 Å². The summed E-state index contributed by atoms with van der Waals surface area (Å²) in [5.41, 5.74) is 2.88. The summed E-state index contributed by atoms with van der Waals surface area (Å²) in [6, 6.07) is 10.4. The molecule has 0 saturated carbocycles. The molecular weight excluding hydrogens is 603 g/mol. The van der Waals surface area contributed by atoms with E-state index in [-0.39, 0.29) is 23.7 Å². The quantitative estimate of drug-likeness (QED) is 0.223. The number of fused-ring (bicyclic) bond motifs is 1. The molecule has 3 aliphatic heterocycles. The first-order chi connectivity index (χ1) is 21.7. The van der Waals surface area contributed by atoms with Gasteiger partial charge in [-0.2, -0.15) is 0 Å². The minimum atomic E-state index is -1.29. The summed E-state index contributed by atoms with van der Waals surface area (Å²) >= 11 is 5.98. The monoisotopic (exact) mass is 636 g/mol. The van der Waals surface area contributed by atoms with E-state index in [2.05, 4.69) is 20.5 Å². The van der Waals surface area contributed by atoms with Crippen LogP contribution in [0.25, 0.3) is 11.6 Å². The van der Waals surface area contributed by atoms with E-state index in [0.717, 1.165) is 56.0 Å². The maximum absolute atomic E-state index is 14.9. The number of hydrogen-bond donors (Lipinski definition) is 1. The highest BCUT2D eigenvalue weighted by Gasteiger charge is 2.43. The van der Waals surface area contributed by atoms with Crippen LogP contribution in [0.1, 0.15) is 72.2 Å². The highest BCUT2D eigenvalue weighted by molar-refractivity contribution is 6.30. The summed E-state index contributed by atoms with van der Waals surface area (Å²) in [7, 11) is 0. The lowest BCUT2D eigenvalue weighted by Gasteiger charge is -2.33. The predicted molar refractivity (Wildman–Crippen MR) is 162 cm³/mol. The summed E-state index contributed by atoms with van der Waals surface area (Å²) in [5, 5.41) is 9.70. The molecule has 4 aromatic rings. The van der Waals surface area contributed by atoms with E-state index in [4.69, 9.17) is 35.2 Å². The van der Waals surface area contributed by atoms with Gasteiger partial charge in [-0.1, -0.05) is 30.7 Å². The molecule has 0 amide bonds. The van der Waals surface area contributed by atoms with Gasteiger partial charge >= 0.3 is 5.97 Å². The zero-order valence-corrected chi connectivity index (χ0v) is 25.8. The first-order valence-corrected chi connectivity index (χ1v) is 15.7. The molecule has 2 saturated heterocycles. The summed E-state index contributed by atoms with van der Waals surface area (Å²) in [4.78, 5) is 23.1. The van der Waals surface area contributed by atoms with E-state index in [1.54, 1.807) is 19.1 Å². The van der Waals surface area contributed by atoms with E-state index < -0.39 is 17.6 Å². The average molecular weight is 637 g/mol. The minimum absolute atomic E-state index is 0.0653. The summed E-state index contributed by atoms with van der Waals surface area (Å²) in [6.07, 6.45) is 4.69. The molecule has 2 aromatic carbocycles. The third-order valence-electron chi connectivity index (χ3n) is 8.98. The lowest BCUT2D eigenvalue weighted by molar-refractivity contribution is -0.0712. The molecule has 0 aliphatic carbocycles. The van der Waals surface area contributed by atoms with Crippen molar-refractivity contribution in [2.45, 2.75) is 70.4 Å². The van der Waals surface area contributed by atoms with Crippen LogP contribution in [-0.4, -0.2) is 56.3 Å². The summed E-state index contributed by atoms with van der Waals surface area (Å²) in [5.74, 6) is -0.502. The molecule has 0 spiro atoms. The molecule has 236 valence electrons. The van der Waals surface area contributed by atoms with Crippen LogP contribution in [0, 0.1) is 5.82 Å². The Kier molecular flexibility index (Phi) is 7.79. The molecule has 7 rings (SSSR count). The number of imidazole rings is 1. The average Bonchev–Trinajstić information content (AvgIpc) is 3.70. The van der Waals surface area contributed by atoms with Crippen molar-refractivity contribution in [3.8, 4) is 23.1 Å². The number of oxazole rings is 1. The van der Waals surface area contributed by atoms with Gasteiger partial charge < -0.3 is 28.3 Å². The topological polar surface area (TPSA) is 112 Å². The molecule has 1 N–H and O–H groups in total. The van der Waals surface area contributed by atoms with Crippen molar-refractivity contribution in [2.75, 3.05) is 19.7 Å². The number of halogens is 2. The van der Waals surface area contributed by atoms with E-state index in [1.165, 1.54) is 12.3 Å². The molecular formula is C33H34ClFN4O6. The van der Waals surface area contributed by atoms with E-state index in [0.29, 0.717) is 47.3 Å². The lowest BCUT2D eigenvalue weighted by atomic mass is 9.88. The number of nitrogens with zero attached hydrogens (tertiary/aromatic N) is 4. The Bertz CT molecular complexity index is 1740. The lowest BCUT2D eigenvalue weighted by Crippen LogP contribution is -2.35. The number of aromatic nitrogens is 3. The standard InChI is InChI=1S/C33H34ClFN4O6/c1-3-25-29(31-36-16-27(43-31)32(40)41)39(17-21-11-14-42-21)28(37-25)18-38-12-9-19(10-13-38)22-5-4-6-26-30(22)45-33(2,44-26)23-8-7-20(34)15-24(23)35/h4-8,15-16,19,21H,3,9-14,17-18H2,1-2H3,(H,40,41)/t21-,33-/m0/s1. The molecule has 2 aromatic heterocycles. The third kappa shape index (κ3) is 5.57. The number of benzene rings is 2. The Labute approximate surface area is 264 Å². The van der Waals surface area contributed by atoms with Crippen LogP contribution in [0.4, 0.5) is 4.39 Å². The molecule has 2 atom stereocenters. The number of rotatable bonds is 9. The molecule has 3 aliphatic rings. The van der Waals surface area contributed by atoms with Gasteiger partial charge in [0.25, 0.3) is 5.79 Å². The van der Waals surface area contributed by atoms with Crippen LogP contribution >= 0.6 is 11.6 Å². The number of carboxylic acids is 1. The first-order valence-electron chi connectivity index (χ1n) is 15.3. The Morgan fingerprint density at radius 3 is 2.64 bits per heavy atom. The second-order valence-electron chi connectivity index (χ2n) is 11.9. The molecule has 12 heteroatoms. The fourth-order valence-electron chi connectivity index (χ4n) is 6.51. The Balaban J connectivity index is 1.09. The van der Waals surface area contributed by atoms with Crippen molar-refractivity contribution in [3.05, 3.63) is 81.8 Å². The highest BCUT2D eigenvalue weighted by atomic mass is 35.5. The Hall–Kier alpha value is -3.93. The Morgan fingerprint density at radius 2 is 1.98 bits per heavy atom. The summed E-state index contributed by atoms with van der Waals surface area (Å²) in [6.45, 7) is 7.36. The van der Waals surface area contributed by atoms with Crippen molar-refractivity contribution in [1.82, 2.24) is 19.4 Å². The molecule has 0 unspecified atom stereocenters. The number of carboxylic acid groups (broad SMARTS) is 1. The SMILES string of the molecule is CCc1nc(CN2CCC(c3cccc4c3O[C@@](C)(c3ccc(Cl)cc3F)O4)CC2)n(C[C@@H]2CCO2)c1-c1ncc(C(=O)O)o1. The van der Waals surface area contributed by atoms with Crippen molar-refractivity contribution in [1.29, 1.82) is 0 Å². The van der Waals surface area contributed by atoms with Crippen LogP contribution in [0.3, 0.4) is 0 Å². The minimum Gasteiger partial charge on any atom is -0.475 e. The molecule has 0 bridgehead atoms. The maximum atomic E-state index is 14.9. The Morgan fingerprint density at radius 1 is 1.18 bits per heavy atom. The van der Waals surface area contributed by atoms with Crippen molar-refractivity contribution in [3.63, 3.8) is 0 Å². The zero-order chi connectivity index (χ0) is 31.3. The zero-order valence-electron chi connectivity index (χ0n) is 25.1. The second-order valence-corrected chi connectivity index (χ2v) is 12.3. The maximum Gasteiger partial charge on any atom is 0.373 e. The van der Waals surface area contributed by atoms with Gasteiger partial charge in [0.05, 0.1) is 36.6 Å². The normalized spacial score (nSPS) is 21.6. The highest BCUT2D eigenvalue weighted by Crippen LogP contribution is 2.50. The molecule has 45 heavy (non-hydrogen) atoms. The van der Waals surface area contributed by atoms with Crippen molar-refractivity contribution < 1.29 is 32.9 Å². The molecule has 10 nitrogen and oxygen atoms in total. The van der Waals surface area contributed by atoms with E-state index in [9.17, 15) is 14.3 Å². The van der Waals surface area contributed by atoms with Crippen LogP contribution < -0.4 is 9.47 Å². The summed E-state index contributed by atoms with van der Waals surface area (Å²) < 4.78 is 40.9. The second kappa shape index (κ2) is 11.8. The third-order valence-corrected chi connectivity index (χ3v) is 9.21. The fourth-order valence-corrected chi connectivity index (χ4v) is 6.67. The van der Waals surface area contributed by atoms with Crippen molar-refractivity contribution >= 4 is 17.6 Å².